The van der Waals surface area contributed by atoms with E-state index in [0.29, 0.717) is 0 Å². The van der Waals surface area contributed by atoms with Gasteiger partial charge in [0, 0.05) is 21.4 Å². The molecular weight excluding hydrogens is 284 g/mol. The number of imidazole rings is 1. The second-order valence-corrected chi connectivity index (χ2v) is 13.1. The van der Waals surface area contributed by atoms with Crippen LogP contribution >= 0.6 is 0 Å². The lowest BCUT2D eigenvalue weighted by Gasteiger charge is -2.14. The van der Waals surface area contributed by atoms with E-state index in [1.807, 2.05) is 0 Å². The van der Waals surface area contributed by atoms with E-state index in [1.54, 1.807) is 0 Å². The van der Waals surface area contributed by atoms with E-state index < -0.39 is 8.07 Å². The van der Waals surface area contributed by atoms with Crippen molar-refractivity contribution in [1.82, 2.24) is 4.57 Å². The van der Waals surface area contributed by atoms with E-state index in [4.69, 9.17) is 0 Å². The largest absolute Gasteiger partial charge is 0.254 e. The molecule has 0 fully saturated rings. The van der Waals surface area contributed by atoms with Crippen molar-refractivity contribution in [3.05, 3.63) is 18.2 Å². The summed E-state index contributed by atoms with van der Waals surface area (Å²) < 4.78 is 4.65. The smallest absolute Gasteiger partial charge is 0.234 e. The molecule has 0 aliphatic rings. The van der Waals surface area contributed by atoms with Crippen LogP contribution in [0.2, 0.25) is 25.7 Å². The van der Waals surface area contributed by atoms with Gasteiger partial charge in [0.1, 0.15) is 12.4 Å². The molecule has 0 spiro atoms. The first-order valence-electron chi connectivity index (χ1n) is 8.95. The quantitative estimate of drug-likeness (QED) is 0.268. The van der Waals surface area contributed by atoms with Crippen molar-refractivity contribution in [2.24, 2.45) is 0 Å². The molecule has 0 atom stereocenters. The molecule has 0 N–H and O–H groups in total. The number of rotatable bonds is 9. The van der Waals surface area contributed by atoms with Gasteiger partial charge in [-0.3, -0.25) is 0 Å². The lowest BCUT2D eigenvalue weighted by Crippen LogP contribution is -2.35. The maximum Gasteiger partial charge on any atom is 0.254 e. The Balaban J connectivity index is 2.35. The van der Waals surface area contributed by atoms with Crippen molar-refractivity contribution in [3.8, 4) is 11.8 Å². The molecule has 0 aliphatic carbocycles. The topological polar surface area (TPSA) is 8.81 Å². The molecule has 1 heterocycles. The highest BCUT2D eigenvalue weighted by molar-refractivity contribution is 6.76. The molecule has 0 unspecified atom stereocenters. The van der Waals surface area contributed by atoms with Crippen LogP contribution in [0, 0.1) is 18.8 Å². The van der Waals surface area contributed by atoms with E-state index in [9.17, 15) is 0 Å². The van der Waals surface area contributed by atoms with Gasteiger partial charge < -0.3 is 0 Å². The molecule has 1 aromatic rings. The Morgan fingerprint density at radius 3 is 2.55 bits per heavy atom. The first-order chi connectivity index (χ1) is 10.4. The minimum atomic E-state index is -0.868. The maximum atomic E-state index is 3.31. The molecular formula is C19H35N2Si+. The highest BCUT2D eigenvalue weighted by Crippen LogP contribution is 2.12. The second kappa shape index (κ2) is 9.89. The Morgan fingerprint density at radius 2 is 1.86 bits per heavy atom. The van der Waals surface area contributed by atoms with Gasteiger partial charge in [0.05, 0.1) is 6.54 Å². The third-order valence-electron chi connectivity index (χ3n) is 4.11. The molecule has 0 saturated carbocycles. The highest BCUT2D eigenvalue weighted by Gasteiger charge is 2.14. The highest BCUT2D eigenvalue weighted by atomic mass is 28.3. The van der Waals surface area contributed by atoms with E-state index in [0.717, 1.165) is 19.5 Å². The number of aromatic nitrogens is 2. The molecule has 1 rings (SSSR count). The zero-order chi connectivity index (χ0) is 16.4. The molecule has 0 aliphatic heterocycles. The minimum absolute atomic E-state index is 0.833. The van der Waals surface area contributed by atoms with Crippen LogP contribution in [0.5, 0.6) is 0 Å². The van der Waals surface area contributed by atoms with Gasteiger partial charge in [0.25, 0.3) is 5.82 Å². The van der Waals surface area contributed by atoms with Gasteiger partial charge in [0.15, 0.2) is 6.54 Å². The predicted molar refractivity (Wildman–Crippen MR) is 98.7 cm³/mol. The van der Waals surface area contributed by atoms with E-state index in [2.05, 4.69) is 66.9 Å². The Bertz CT molecular complexity index is 486. The van der Waals surface area contributed by atoms with Crippen LogP contribution in [0.25, 0.3) is 0 Å². The average Bonchev–Trinajstić information content (AvgIpc) is 2.79. The van der Waals surface area contributed by atoms with Gasteiger partial charge in [-0.1, -0.05) is 63.7 Å². The zero-order valence-corrected chi connectivity index (χ0v) is 16.4. The van der Waals surface area contributed by atoms with Gasteiger partial charge in [-0.05, 0) is 12.8 Å². The molecule has 0 saturated heterocycles. The zero-order valence-electron chi connectivity index (χ0n) is 15.4. The van der Waals surface area contributed by atoms with E-state index in [-0.39, 0.29) is 0 Å². The Kier molecular flexibility index (Phi) is 8.56. The normalized spacial score (nSPS) is 11.3. The third-order valence-corrected chi connectivity index (χ3v) is 5.97. The number of unbranched alkanes of at least 4 members (excludes halogenated alkanes) is 4. The SMILES string of the molecule is CCCCCC#CCn1cc[n+](CCCC[Si](C)(C)C)c1C. The Labute approximate surface area is 138 Å². The van der Waals surface area contributed by atoms with Crippen molar-refractivity contribution in [3.63, 3.8) is 0 Å². The minimum Gasteiger partial charge on any atom is -0.234 e. The van der Waals surface area contributed by atoms with Crippen LogP contribution in [0.4, 0.5) is 0 Å². The average molecular weight is 320 g/mol. The van der Waals surface area contributed by atoms with Gasteiger partial charge in [0.2, 0.25) is 0 Å². The summed E-state index contributed by atoms with van der Waals surface area (Å²) in [6.07, 6.45) is 11.9. The summed E-state index contributed by atoms with van der Waals surface area (Å²) in [7, 11) is -0.868. The van der Waals surface area contributed by atoms with Crippen molar-refractivity contribution in [1.29, 1.82) is 0 Å². The summed E-state index contributed by atoms with van der Waals surface area (Å²) in [4.78, 5) is 0. The second-order valence-electron chi connectivity index (χ2n) is 7.50. The molecule has 22 heavy (non-hydrogen) atoms. The fourth-order valence-corrected chi connectivity index (χ4v) is 3.89. The van der Waals surface area contributed by atoms with Crippen LogP contribution in [0.3, 0.4) is 0 Å². The third kappa shape index (κ3) is 7.84. The molecule has 3 heteroatoms. The first kappa shape index (κ1) is 19.0. The van der Waals surface area contributed by atoms with Crippen LogP contribution < -0.4 is 4.57 Å². The standard InChI is InChI=1S/C19H35N2Si/c1-6-7-8-9-10-11-14-20-16-17-21(19(20)2)15-12-13-18-22(3,4)5/h16-17H,6-9,12-15,18H2,1-5H3/q+1. The van der Waals surface area contributed by atoms with Gasteiger partial charge >= 0.3 is 0 Å². The number of nitrogens with zero attached hydrogens (tertiary/aromatic N) is 2. The molecule has 1 aromatic heterocycles. The van der Waals surface area contributed by atoms with Crippen molar-refractivity contribution >= 4 is 8.07 Å². The summed E-state index contributed by atoms with van der Waals surface area (Å²) in [5.41, 5.74) is 0. The molecule has 2 nitrogen and oxygen atoms in total. The van der Waals surface area contributed by atoms with Crippen LogP contribution in [-0.2, 0) is 13.1 Å². The molecule has 0 aromatic carbocycles. The summed E-state index contributed by atoms with van der Waals surface area (Å²) >= 11 is 0. The van der Waals surface area contributed by atoms with Crippen molar-refractivity contribution in [2.75, 3.05) is 0 Å². The monoisotopic (exact) mass is 319 g/mol. The fraction of sp³-hybridized carbons (Fsp3) is 0.737. The summed E-state index contributed by atoms with van der Waals surface area (Å²) in [5.74, 6) is 7.94. The Morgan fingerprint density at radius 1 is 1.09 bits per heavy atom. The van der Waals surface area contributed by atoms with Crippen molar-refractivity contribution in [2.45, 2.75) is 91.1 Å². The molecule has 124 valence electrons. The molecule has 0 amide bonds. The van der Waals surface area contributed by atoms with Crippen LogP contribution in [-0.4, -0.2) is 12.6 Å². The summed E-state index contributed by atoms with van der Waals surface area (Å²) in [6, 6.07) is 1.44. The number of aryl methyl sites for hydroxylation is 1. The lowest BCUT2D eigenvalue weighted by atomic mass is 10.2. The Hall–Kier alpha value is -1.01. The van der Waals surface area contributed by atoms with E-state index >= 15 is 0 Å². The van der Waals surface area contributed by atoms with Crippen LogP contribution in [0.15, 0.2) is 12.4 Å². The summed E-state index contributed by atoms with van der Waals surface area (Å²) in [6.45, 7) is 13.8. The first-order valence-corrected chi connectivity index (χ1v) is 12.7. The van der Waals surface area contributed by atoms with Crippen LogP contribution in [0.1, 0.15) is 51.3 Å². The maximum absolute atomic E-state index is 3.31. The number of hydrogen-bond acceptors (Lipinski definition) is 0. The lowest BCUT2D eigenvalue weighted by molar-refractivity contribution is -0.702. The summed E-state index contributed by atoms with van der Waals surface area (Å²) in [5, 5.41) is 0. The van der Waals surface area contributed by atoms with Gasteiger partial charge in [-0.2, -0.15) is 0 Å². The van der Waals surface area contributed by atoms with Gasteiger partial charge in [-0.15, -0.1) is 0 Å². The number of hydrogen-bond donors (Lipinski definition) is 0. The molecule has 0 radical (unpaired) electrons. The van der Waals surface area contributed by atoms with Gasteiger partial charge in [-0.25, -0.2) is 9.13 Å². The predicted octanol–water partition coefficient (Wildman–Crippen LogP) is 4.79. The van der Waals surface area contributed by atoms with Crippen molar-refractivity contribution < 1.29 is 4.57 Å². The fourth-order valence-electron chi connectivity index (χ4n) is 2.58. The molecule has 0 bridgehead atoms. The van der Waals surface area contributed by atoms with E-state index in [1.165, 1.54) is 44.0 Å².